The van der Waals surface area contributed by atoms with Gasteiger partial charge >= 0.3 is 0 Å². The van der Waals surface area contributed by atoms with Crippen LogP contribution in [0.1, 0.15) is 81.8 Å². The maximum Gasteiger partial charge on any atom is 0.235 e. The van der Waals surface area contributed by atoms with Crippen LogP contribution in [0, 0.1) is 33.5 Å². The summed E-state index contributed by atoms with van der Waals surface area (Å²) < 4.78 is 0. The monoisotopic (exact) mass is 632 g/mol. The molecule has 3 fully saturated rings. The molecule has 0 amide bonds. The van der Waals surface area contributed by atoms with Gasteiger partial charge in [0.05, 0.1) is 13.1 Å². The molecule has 3 aliphatic carbocycles. The third-order valence-electron chi connectivity index (χ3n) is 6.68. The van der Waals surface area contributed by atoms with Crippen LogP contribution in [0.3, 0.4) is 0 Å². The van der Waals surface area contributed by atoms with Gasteiger partial charge < -0.3 is 0 Å². The molecule has 246 valence electrons. The quantitative estimate of drug-likeness (QED) is 0.153. The van der Waals surface area contributed by atoms with Crippen LogP contribution in [0.4, 0.5) is 0 Å². The number of aliphatic imine (C=N–C) groups is 2. The highest BCUT2D eigenvalue weighted by atomic mass is 16.1. The fourth-order valence-corrected chi connectivity index (χ4v) is 4.85. The normalized spacial score (nSPS) is 15.0. The van der Waals surface area contributed by atoms with Crippen molar-refractivity contribution in [3.63, 3.8) is 0 Å². The van der Waals surface area contributed by atoms with Crippen LogP contribution < -0.4 is 0 Å². The first-order valence-electron chi connectivity index (χ1n) is 14.8. The summed E-state index contributed by atoms with van der Waals surface area (Å²) in [4.78, 5) is 58.3. The van der Waals surface area contributed by atoms with Crippen LogP contribution in [0.15, 0.2) is 70.6 Å². The van der Waals surface area contributed by atoms with Gasteiger partial charge in [-0.2, -0.15) is 0 Å². The lowest BCUT2D eigenvalue weighted by atomic mass is 10.0. The number of fused-ring (bicyclic) bond motifs is 2. The minimum absolute atomic E-state index is 0.221. The van der Waals surface area contributed by atoms with E-state index >= 15 is 0 Å². The SMILES string of the molecule is C1CC2CCC1C2.C1CCCCC1.N=C=O.N=C=O.N=C=O.N=C=O.O=C=NCCN=C=O.c1ccc(Cc2ccccc2)cc1. The van der Waals surface area contributed by atoms with Gasteiger partial charge in [0.15, 0.2) is 0 Å². The molecule has 3 aliphatic rings. The van der Waals surface area contributed by atoms with Crippen molar-refractivity contribution in [1.82, 2.24) is 0 Å². The van der Waals surface area contributed by atoms with E-state index in [0.29, 0.717) is 0 Å². The van der Waals surface area contributed by atoms with Crippen molar-refractivity contribution in [3.8, 4) is 0 Å². The van der Waals surface area contributed by atoms with E-state index in [4.69, 9.17) is 40.8 Å². The topological polar surface area (TPSA) is 223 Å². The van der Waals surface area contributed by atoms with Crippen LogP contribution in [-0.2, 0) is 35.2 Å². The maximum absolute atomic E-state index is 9.34. The summed E-state index contributed by atoms with van der Waals surface area (Å²) in [5, 5.41) is 21.6. The van der Waals surface area contributed by atoms with E-state index in [1.54, 1.807) is 32.1 Å². The molecule has 0 spiro atoms. The molecular weight excluding hydrogens is 588 g/mol. The number of nitrogens with zero attached hydrogens (tertiary/aromatic N) is 2. The Morgan fingerprint density at radius 1 is 0.500 bits per heavy atom. The van der Waals surface area contributed by atoms with E-state index in [9.17, 15) is 9.59 Å². The highest BCUT2D eigenvalue weighted by Crippen LogP contribution is 2.43. The van der Waals surface area contributed by atoms with Gasteiger partial charge in [0.1, 0.15) is 0 Å². The van der Waals surface area contributed by atoms with Gasteiger partial charge in [-0.1, -0.05) is 125 Å². The lowest BCUT2D eigenvalue weighted by Crippen LogP contribution is -1.90. The molecule has 0 unspecified atom stereocenters. The molecule has 0 radical (unpaired) electrons. The number of rotatable bonds is 5. The van der Waals surface area contributed by atoms with Crippen molar-refractivity contribution in [3.05, 3.63) is 71.8 Å². The molecular formula is C34H44N6O6. The second-order valence-corrected chi connectivity index (χ2v) is 9.75. The van der Waals surface area contributed by atoms with E-state index in [0.717, 1.165) is 30.7 Å². The van der Waals surface area contributed by atoms with E-state index in [1.165, 1.54) is 73.6 Å². The molecule has 0 atom stereocenters. The van der Waals surface area contributed by atoms with Gasteiger partial charge in [0.2, 0.25) is 36.5 Å². The van der Waals surface area contributed by atoms with Crippen molar-refractivity contribution in [2.24, 2.45) is 21.8 Å². The highest BCUT2D eigenvalue weighted by molar-refractivity contribution is 5.34. The Labute approximate surface area is 270 Å². The third kappa shape index (κ3) is 34.9. The number of isocyanates is 6. The molecule has 0 aromatic heterocycles. The van der Waals surface area contributed by atoms with Crippen LogP contribution in [0.25, 0.3) is 0 Å². The minimum atomic E-state index is 0.221. The van der Waals surface area contributed by atoms with Crippen LogP contribution in [0.5, 0.6) is 0 Å². The second-order valence-electron chi connectivity index (χ2n) is 9.75. The number of hydrogen-bond acceptors (Lipinski definition) is 12. The van der Waals surface area contributed by atoms with E-state index < -0.39 is 0 Å². The van der Waals surface area contributed by atoms with E-state index in [2.05, 4.69) is 70.6 Å². The number of benzene rings is 2. The van der Waals surface area contributed by atoms with Gasteiger partial charge in [-0.05, 0) is 35.8 Å². The Bertz CT molecular complexity index is 1080. The Morgan fingerprint density at radius 3 is 0.957 bits per heavy atom. The highest BCUT2D eigenvalue weighted by Gasteiger charge is 2.30. The number of hydrogen-bond donors (Lipinski definition) is 4. The lowest BCUT2D eigenvalue weighted by Gasteiger charge is -2.05. The molecule has 3 saturated carbocycles. The van der Waals surface area contributed by atoms with Crippen LogP contribution in [0.2, 0.25) is 0 Å². The number of nitrogens with one attached hydrogen (secondary N) is 4. The molecule has 4 N–H and O–H groups in total. The van der Waals surface area contributed by atoms with Crippen molar-refractivity contribution in [2.45, 2.75) is 77.0 Å². The Balaban J connectivity index is -0.000000494. The molecule has 2 bridgehead atoms. The first-order chi connectivity index (χ1) is 22.5. The first-order valence-corrected chi connectivity index (χ1v) is 14.8. The summed E-state index contributed by atoms with van der Waals surface area (Å²) >= 11 is 0. The molecule has 5 rings (SSSR count). The second kappa shape index (κ2) is 39.7. The summed E-state index contributed by atoms with van der Waals surface area (Å²) in [6, 6.07) is 21.1. The largest absolute Gasteiger partial charge is 0.235 e. The molecule has 46 heavy (non-hydrogen) atoms. The van der Waals surface area contributed by atoms with Gasteiger partial charge in [0, 0.05) is 0 Å². The summed E-state index contributed by atoms with van der Waals surface area (Å²) in [5.41, 5.74) is 2.74. The standard InChI is InChI=1S/C13H12.C7H12.C6H12.C4H4N2O2.4CHNO/c1-3-7-12(8-4-1)11-13-9-5-2-6-10-13;1-2-7-4-3-6(1)5-7;1-2-4-6-5-3-1;7-3-5-1-2-6-4-8;4*2-1-3/h1-10H,11H2;6-7H,1-5H2;1-6H2;1-2H2;4*2H. The molecule has 2 aromatic carbocycles. The fourth-order valence-electron chi connectivity index (χ4n) is 4.85. The molecule has 0 heterocycles. The summed E-state index contributed by atoms with van der Waals surface area (Å²) in [6.07, 6.45) is 23.5. The zero-order valence-electron chi connectivity index (χ0n) is 26.2. The predicted molar refractivity (Wildman–Crippen MR) is 173 cm³/mol. The summed E-state index contributed by atoms with van der Waals surface area (Å²) in [7, 11) is 0. The molecule has 2 aromatic rings. The average Bonchev–Trinajstić information content (AvgIpc) is 3.75. The molecule has 12 heteroatoms. The Kier molecular flexibility index (Phi) is 39.0. The summed E-state index contributed by atoms with van der Waals surface area (Å²) in [6.45, 7) is 0.442. The number of carbonyl (C=O) groups excluding carboxylic acids is 6. The fraction of sp³-hybridized carbons (Fsp3) is 0.471. The average molecular weight is 633 g/mol. The van der Waals surface area contributed by atoms with E-state index in [1.807, 2.05) is 0 Å². The Morgan fingerprint density at radius 2 is 0.761 bits per heavy atom. The van der Waals surface area contributed by atoms with Gasteiger partial charge in [-0.15, -0.1) is 0 Å². The van der Waals surface area contributed by atoms with Gasteiger partial charge in [-0.3, -0.25) is 0 Å². The molecule has 0 saturated heterocycles. The molecule has 0 aliphatic heterocycles. The summed E-state index contributed by atoms with van der Waals surface area (Å²) in [5.74, 6) is 2.34. The predicted octanol–water partition coefficient (Wildman–Crippen LogP) is 7.08. The zero-order valence-corrected chi connectivity index (χ0v) is 26.2. The van der Waals surface area contributed by atoms with Crippen molar-refractivity contribution in [1.29, 1.82) is 21.6 Å². The lowest BCUT2D eigenvalue weighted by molar-refractivity contribution is 0.480. The van der Waals surface area contributed by atoms with Gasteiger partial charge in [0.25, 0.3) is 0 Å². The minimum Gasteiger partial charge on any atom is -0.222 e. The first kappa shape index (κ1) is 45.2. The van der Waals surface area contributed by atoms with E-state index in [-0.39, 0.29) is 13.1 Å². The van der Waals surface area contributed by atoms with Crippen LogP contribution >= 0.6 is 0 Å². The third-order valence-corrected chi connectivity index (χ3v) is 6.68. The van der Waals surface area contributed by atoms with Crippen LogP contribution in [-0.4, -0.2) is 49.6 Å². The molecule has 12 nitrogen and oxygen atoms in total. The van der Waals surface area contributed by atoms with Crippen molar-refractivity contribution >= 4 is 36.5 Å². The zero-order chi connectivity index (χ0) is 34.9. The van der Waals surface area contributed by atoms with Crippen molar-refractivity contribution < 1.29 is 28.8 Å². The Hall–Kier alpha value is -5.28. The van der Waals surface area contributed by atoms with Crippen molar-refractivity contribution in [2.75, 3.05) is 13.1 Å². The van der Waals surface area contributed by atoms with Gasteiger partial charge in [-0.25, -0.2) is 60.4 Å². The maximum atomic E-state index is 9.34. The smallest absolute Gasteiger partial charge is 0.222 e.